The van der Waals surface area contributed by atoms with E-state index >= 15 is 0 Å². The van der Waals surface area contributed by atoms with E-state index in [-0.39, 0.29) is 35.9 Å². The first kappa shape index (κ1) is 22.0. The first-order chi connectivity index (χ1) is 10.6. The maximum Gasteiger partial charge on any atom is 0.221 e. The van der Waals surface area contributed by atoms with Crippen molar-refractivity contribution in [3.63, 3.8) is 0 Å². The Balaban J connectivity index is 0.00000484. The van der Waals surface area contributed by atoms with E-state index in [0.29, 0.717) is 13.0 Å². The molecule has 0 aliphatic carbocycles. The second-order valence-electron chi connectivity index (χ2n) is 5.06. The van der Waals surface area contributed by atoms with Crippen LogP contribution in [0.5, 0.6) is 0 Å². The number of halogens is 1. The summed E-state index contributed by atoms with van der Waals surface area (Å²) >= 11 is 1.80. The van der Waals surface area contributed by atoms with Crippen molar-refractivity contribution in [2.24, 2.45) is 4.99 Å². The summed E-state index contributed by atoms with van der Waals surface area (Å²) in [5.74, 6) is 1.74. The molecule has 1 rings (SSSR count). The predicted octanol–water partition coefficient (Wildman–Crippen LogP) is 2.48. The highest BCUT2D eigenvalue weighted by Gasteiger charge is 2.03. The van der Waals surface area contributed by atoms with Gasteiger partial charge in [-0.05, 0) is 26.0 Å². The van der Waals surface area contributed by atoms with Crippen molar-refractivity contribution in [2.45, 2.75) is 31.2 Å². The largest absolute Gasteiger partial charge is 0.356 e. The molecule has 0 unspecified atom stereocenters. The van der Waals surface area contributed by atoms with Crippen LogP contribution in [0.25, 0.3) is 0 Å². The topological polar surface area (TPSA) is 65.5 Å². The van der Waals surface area contributed by atoms with E-state index in [1.165, 1.54) is 4.90 Å². The fourth-order valence-corrected chi connectivity index (χ4v) is 2.55. The molecule has 3 N–H and O–H groups in total. The molecule has 5 nitrogen and oxygen atoms in total. The van der Waals surface area contributed by atoms with E-state index in [2.05, 4.69) is 33.1 Å². The third kappa shape index (κ3) is 11.2. The average molecular weight is 450 g/mol. The van der Waals surface area contributed by atoms with Crippen LogP contribution in [-0.4, -0.2) is 43.8 Å². The molecule has 0 heterocycles. The number of hydrogen-bond donors (Lipinski definition) is 3. The lowest BCUT2D eigenvalue weighted by Gasteiger charge is -2.12. The second kappa shape index (κ2) is 13.5. The van der Waals surface area contributed by atoms with Gasteiger partial charge in [-0.25, -0.2) is 0 Å². The molecule has 0 spiro atoms. The molecule has 23 heavy (non-hydrogen) atoms. The normalized spacial score (nSPS) is 10.9. The number of carbonyl (C=O) groups is 1. The molecule has 0 radical (unpaired) electrons. The summed E-state index contributed by atoms with van der Waals surface area (Å²) in [6.45, 7) is 5.30. The predicted molar refractivity (Wildman–Crippen MR) is 110 cm³/mol. The zero-order valence-corrected chi connectivity index (χ0v) is 17.1. The molecule has 7 heteroatoms. The Morgan fingerprint density at radius 3 is 2.43 bits per heavy atom. The summed E-state index contributed by atoms with van der Waals surface area (Å²) in [5.41, 5.74) is 0. The van der Waals surface area contributed by atoms with Crippen LogP contribution in [0.3, 0.4) is 0 Å². The second-order valence-corrected chi connectivity index (χ2v) is 6.23. The molecule has 0 atom stereocenters. The summed E-state index contributed by atoms with van der Waals surface area (Å²) in [6, 6.07) is 10.5. The molecule has 1 aromatic rings. The van der Waals surface area contributed by atoms with Crippen molar-refractivity contribution in [1.82, 2.24) is 16.0 Å². The number of thioether (sulfide) groups is 1. The molecule has 0 aliphatic heterocycles. The fourth-order valence-electron chi connectivity index (χ4n) is 1.76. The minimum Gasteiger partial charge on any atom is -0.356 e. The lowest BCUT2D eigenvalue weighted by Crippen LogP contribution is -2.40. The van der Waals surface area contributed by atoms with Gasteiger partial charge in [-0.3, -0.25) is 9.79 Å². The number of guanidine groups is 1. The molecule has 130 valence electrons. The van der Waals surface area contributed by atoms with Crippen LogP contribution in [0.4, 0.5) is 0 Å². The van der Waals surface area contributed by atoms with Gasteiger partial charge < -0.3 is 16.0 Å². The first-order valence-corrected chi connectivity index (χ1v) is 8.52. The van der Waals surface area contributed by atoms with E-state index in [0.717, 1.165) is 18.3 Å². The van der Waals surface area contributed by atoms with Crippen LogP contribution in [-0.2, 0) is 4.79 Å². The summed E-state index contributed by atoms with van der Waals surface area (Å²) in [7, 11) is 1.73. The number of carbonyl (C=O) groups excluding carboxylic acids is 1. The molecule has 1 amide bonds. The van der Waals surface area contributed by atoms with Gasteiger partial charge in [0.1, 0.15) is 0 Å². The van der Waals surface area contributed by atoms with Crippen molar-refractivity contribution in [1.29, 1.82) is 0 Å². The summed E-state index contributed by atoms with van der Waals surface area (Å²) in [4.78, 5) is 16.9. The Labute approximate surface area is 160 Å². The quantitative estimate of drug-likeness (QED) is 0.187. The minimum absolute atomic E-state index is 0. The van der Waals surface area contributed by atoms with Gasteiger partial charge in [0.2, 0.25) is 5.91 Å². The van der Waals surface area contributed by atoms with Gasteiger partial charge in [0.25, 0.3) is 0 Å². The van der Waals surface area contributed by atoms with Crippen LogP contribution in [0.15, 0.2) is 40.2 Å². The first-order valence-electron chi connectivity index (χ1n) is 7.53. The molecular formula is C16H27IN4OS. The number of amides is 1. The maximum atomic E-state index is 11.5. The molecule has 1 aromatic carbocycles. The van der Waals surface area contributed by atoms with E-state index in [1.807, 2.05) is 32.0 Å². The Bertz CT molecular complexity index is 468. The van der Waals surface area contributed by atoms with Crippen molar-refractivity contribution >= 4 is 47.6 Å². The lowest BCUT2D eigenvalue weighted by atomic mass is 10.3. The number of aliphatic imine (C=N–C) groups is 1. The highest BCUT2D eigenvalue weighted by Crippen LogP contribution is 2.15. The van der Waals surface area contributed by atoms with Gasteiger partial charge in [0.15, 0.2) is 5.96 Å². The van der Waals surface area contributed by atoms with Gasteiger partial charge in [-0.15, -0.1) is 35.7 Å². The molecular weight excluding hydrogens is 423 g/mol. The van der Waals surface area contributed by atoms with E-state index in [9.17, 15) is 4.79 Å². The van der Waals surface area contributed by atoms with Gasteiger partial charge in [-0.1, -0.05) is 18.2 Å². The average Bonchev–Trinajstić information content (AvgIpc) is 2.50. The Morgan fingerprint density at radius 2 is 1.83 bits per heavy atom. The number of nitrogens with zero attached hydrogens (tertiary/aromatic N) is 1. The molecule has 0 saturated carbocycles. The minimum atomic E-state index is 0. The van der Waals surface area contributed by atoms with Crippen LogP contribution >= 0.6 is 35.7 Å². The number of hydrogen-bond acceptors (Lipinski definition) is 3. The maximum absolute atomic E-state index is 11.5. The highest BCUT2D eigenvalue weighted by atomic mass is 127. The molecule has 0 bridgehead atoms. The van der Waals surface area contributed by atoms with Crippen molar-refractivity contribution in [3.05, 3.63) is 30.3 Å². The lowest BCUT2D eigenvalue weighted by molar-refractivity contribution is -0.121. The Hall–Kier alpha value is -0.960. The van der Waals surface area contributed by atoms with E-state index in [1.54, 1.807) is 18.8 Å². The third-order valence-electron chi connectivity index (χ3n) is 2.72. The van der Waals surface area contributed by atoms with Crippen LogP contribution < -0.4 is 16.0 Å². The molecule has 0 saturated heterocycles. The van der Waals surface area contributed by atoms with Crippen molar-refractivity contribution in [2.75, 3.05) is 25.9 Å². The summed E-state index contributed by atoms with van der Waals surface area (Å²) < 4.78 is 0. The fraction of sp³-hybridized carbons (Fsp3) is 0.500. The van der Waals surface area contributed by atoms with E-state index in [4.69, 9.17) is 0 Å². The summed E-state index contributed by atoms with van der Waals surface area (Å²) in [5, 5.41) is 9.24. The number of nitrogens with one attached hydrogen (secondary N) is 3. The third-order valence-corrected chi connectivity index (χ3v) is 3.74. The van der Waals surface area contributed by atoms with Gasteiger partial charge >= 0.3 is 0 Å². The number of rotatable bonds is 8. The zero-order chi connectivity index (χ0) is 16.2. The van der Waals surface area contributed by atoms with Gasteiger partial charge in [0, 0.05) is 43.2 Å². The smallest absolute Gasteiger partial charge is 0.221 e. The van der Waals surface area contributed by atoms with Gasteiger partial charge in [0.05, 0.1) is 0 Å². The zero-order valence-electron chi connectivity index (χ0n) is 14.0. The summed E-state index contributed by atoms with van der Waals surface area (Å²) in [6.07, 6.45) is 0.442. The monoisotopic (exact) mass is 450 g/mol. The Morgan fingerprint density at radius 1 is 1.17 bits per heavy atom. The Kier molecular flexibility index (Phi) is 12.9. The highest BCUT2D eigenvalue weighted by molar-refractivity contribution is 14.0. The molecule has 0 fully saturated rings. The SMILES string of the molecule is CN=C(NCCSc1ccccc1)NCCC(=O)NC(C)C.I. The van der Waals surface area contributed by atoms with E-state index < -0.39 is 0 Å². The standard InChI is InChI=1S/C16H26N4OS.HI/c1-13(2)20-15(21)9-10-18-16(17-3)19-11-12-22-14-7-5-4-6-8-14;/h4-8,13H,9-12H2,1-3H3,(H,20,21)(H2,17,18,19);1H. The van der Waals surface area contributed by atoms with Crippen LogP contribution in [0.2, 0.25) is 0 Å². The number of benzene rings is 1. The molecule has 0 aromatic heterocycles. The van der Waals surface area contributed by atoms with Crippen LogP contribution in [0, 0.1) is 0 Å². The molecule has 0 aliphatic rings. The van der Waals surface area contributed by atoms with Gasteiger partial charge in [-0.2, -0.15) is 0 Å². The van der Waals surface area contributed by atoms with Crippen LogP contribution in [0.1, 0.15) is 20.3 Å². The van der Waals surface area contributed by atoms with Crippen molar-refractivity contribution in [3.8, 4) is 0 Å². The van der Waals surface area contributed by atoms with Crippen molar-refractivity contribution < 1.29 is 4.79 Å².